The highest BCUT2D eigenvalue weighted by atomic mass is 31.1. The third-order valence-corrected chi connectivity index (χ3v) is 6.66. The van der Waals surface area contributed by atoms with Crippen LogP contribution in [0.3, 0.4) is 0 Å². The molecule has 2 aliphatic rings. The summed E-state index contributed by atoms with van der Waals surface area (Å²) in [7, 11) is 0.777. The molecule has 1 unspecified atom stereocenters. The van der Waals surface area contributed by atoms with Crippen LogP contribution in [0.2, 0.25) is 0 Å². The largest absolute Gasteiger partial charge is 0.0749 e. The first-order chi connectivity index (χ1) is 11.1. The molecule has 0 saturated heterocycles. The van der Waals surface area contributed by atoms with Crippen molar-refractivity contribution in [3.8, 4) is 0 Å². The van der Waals surface area contributed by atoms with Gasteiger partial charge < -0.3 is 0 Å². The van der Waals surface area contributed by atoms with Gasteiger partial charge in [0.1, 0.15) is 0 Å². The van der Waals surface area contributed by atoms with Gasteiger partial charge in [0.05, 0.1) is 0 Å². The SMILES string of the molecule is CC1=C(C=CPC=CC2=C(C)C[C@@H](C)CC2(C)C)C(C)(C)CCC1. The van der Waals surface area contributed by atoms with Crippen LogP contribution in [0.1, 0.15) is 80.6 Å². The lowest BCUT2D eigenvalue weighted by atomic mass is 9.69. The zero-order chi connectivity index (χ0) is 18.0. The fraction of sp³-hybridized carbons (Fsp3) is 0.652. The second-order valence-corrected chi connectivity index (χ2v) is 10.4. The van der Waals surface area contributed by atoms with Crippen molar-refractivity contribution in [3.05, 3.63) is 46.1 Å². The molecule has 0 saturated carbocycles. The summed E-state index contributed by atoms with van der Waals surface area (Å²) >= 11 is 0. The molecule has 0 N–H and O–H groups in total. The Bertz CT molecular complexity index is 581. The first kappa shape index (κ1) is 19.7. The average Bonchev–Trinajstić information content (AvgIpc) is 2.42. The van der Waals surface area contributed by atoms with Crippen LogP contribution in [-0.4, -0.2) is 0 Å². The van der Waals surface area contributed by atoms with Gasteiger partial charge in [-0.15, -0.1) is 0 Å². The summed E-state index contributed by atoms with van der Waals surface area (Å²) in [5.74, 6) is 5.60. The zero-order valence-corrected chi connectivity index (χ0v) is 17.9. The maximum atomic E-state index is 2.41. The second kappa shape index (κ2) is 7.74. The third-order valence-electron chi connectivity index (χ3n) is 5.94. The average molecular weight is 345 g/mol. The van der Waals surface area contributed by atoms with E-state index in [2.05, 4.69) is 72.3 Å². The van der Waals surface area contributed by atoms with E-state index in [0.717, 1.165) is 14.5 Å². The van der Waals surface area contributed by atoms with Gasteiger partial charge in [-0.1, -0.05) is 78.1 Å². The molecule has 0 aromatic carbocycles. The van der Waals surface area contributed by atoms with Crippen LogP contribution in [0.5, 0.6) is 0 Å². The van der Waals surface area contributed by atoms with Gasteiger partial charge in [0.2, 0.25) is 0 Å². The molecule has 2 rings (SSSR count). The van der Waals surface area contributed by atoms with Crippen molar-refractivity contribution in [2.45, 2.75) is 80.6 Å². The molecule has 2 atom stereocenters. The second-order valence-electron chi connectivity index (χ2n) is 9.36. The van der Waals surface area contributed by atoms with E-state index in [1.165, 1.54) is 32.1 Å². The standard InChI is InChI=1S/C23H37P/c1-17-15-19(3)21(23(6,7)16-17)11-14-24-13-10-20-18(2)9-8-12-22(20,4)5/h10-11,13-14,17,24H,8-9,12,15-16H2,1-7H3/t17-/m1/s1. The normalized spacial score (nSPS) is 28.0. The Labute approximate surface area is 152 Å². The van der Waals surface area contributed by atoms with Gasteiger partial charge in [-0.25, -0.2) is 0 Å². The Morgan fingerprint density at radius 2 is 1.50 bits per heavy atom. The molecule has 0 fully saturated rings. The van der Waals surface area contributed by atoms with Crippen LogP contribution in [0.4, 0.5) is 0 Å². The van der Waals surface area contributed by atoms with Gasteiger partial charge in [0.15, 0.2) is 0 Å². The number of allylic oxidation sites excluding steroid dienone is 6. The molecule has 1 heteroatoms. The summed E-state index contributed by atoms with van der Waals surface area (Å²) in [6.45, 7) is 16.6. The minimum atomic E-state index is 0.330. The van der Waals surface area contributed by atoms with Gasteiger partial charge in [-0.05, 0) is 73.8 Å². The van der Waals surface area contributed by atoms with Crippen LogP contribution in [-0.2, 0) is 0 Å². The first-order valence-electron chi connectivity index (χ1n) is 9.63. The predicted octanol–water partition coefficient (Wildman–Crippen LogP) is 7.99. The van der Waals surface area contributed by atoms with E-state index in [9.17, 15) is 0 Å². The lowest BCUT2D eigenvalue weighted by Gasteiger charge is -2.36. The fourth-order valence-electron chi connectivity index (χ4n) is 4.96. The minimum absolute atomic E-state index is 0.330. The van der Waals surface area contributed by atoms with E-state index in [4.69, 9.17) is 0 Å². The molecule has 0 aliphatic heterocycles. The Morgan fingerprint density at radius 1 is 0.917 bits per heavy atom. The Hall–Kier alpha value is -0.610. The molecule has 24 heavy (non-hydrogen) atoms. The van der Waals surface area contributed by atoms with Crippen molar-refractivity contribution in [1.82, 2.24) is 0 Å². The quantitative estimate of drug-likeness (QED) is 0.453. The predicted molar refractivity (Wildman–Crippen MR) is 112 cm³/mol. The monoisotopic (exact) mass is 344 g/mol. The van der Waals surface area contributed by atoms with Crippen molar-refractivity contribution in [2.75, 3.05) is 0 Å². The van der Waals surface area contributed by atoms with Gasteiger partial charge in [0, 0.05) is 0 Å². The van der Waals surface area contributed by atoms with Gasteiger partial charge in [-0.2, -0.15) is 0 Å². The summed E-state index contributed by atoms with van der Waals surface area (Å²) in [6.07, 6.45) is 11.3. The van der Waals surface area contributed by atoms with Crippen LogP contribution in [0, 0.1) is 16.7 Å². The van der Waals surface area contributed by atoms with Gasteiger partial charge in [0.25, 0.3) is 0 Å². The first-order valence-corrected chi connectivity index (χ1v) is 10.8. The number of rotatable bonds is 4. The van der Waals surface area contributed by atoms with Crippen molar-refractivity contribution in [1.29, 1.82) is 0 Å². The molecule has 0 spiro atoms. The maximum absolute atomic E-state index is 2.41. The van der Waals surface area contributed by atoms with Crippen LogP contribution in [0.15, 0.2) is 46.1 Å². The van der Waals surface area contributed by atoms with E-state index in [0.29, 0.717) is 10.8 Å². The highest BCUT2D eigenvalue weighted by molar-refractivity contribution is 7.45. The van der Waals surface area contributed by atoms with Crippen molar-refractivity contribution < 1.29 is 0 Å². The Morgan fingerprint density at radius 3 is 2.04 bits per heavy atom. The topological polar surface area (TPSA) is 0 Å². The Kier molecular flexibility index (Phi) is 6.35. The van der Waals surface area contributed by atoms with Crippen LogP contribution in [0.25, 0.3) is 0 Å². The fourth-order valence-corrected chi connectivity index (χ4v) is 5.60. The summed E-state index contributed by atoms with van der Waals surface area (Å²) in [5.41, 5.74) is 7.03. The van der Waals surface area contributed by atoms with Crippen LogP contribution >= 0.6 is 8.58 Å². The molecule has 0 aromatic heterocycles. The summed E-state index contributed by atoms with van der Waals surface area (Å²) in [5, 5.41) is 0. The van der Waals surface area contributed by atoms with E-state index in [1.54, 1.807) is 22.3 Å². The van der Waals surface area contributed by atoms with Crippen molar-refractivity contribution in [3.63, 3.8) is 0 Å². The third kappa shape index (κ3) is 4.72. The van der Waals surface area contributed by atoms with E-state index < -0.39 is 0 Å². The molecule has 134 valence electrons. The van der Waals surface area contributed by atoms with Crippen LogP contribution < -0.4 is 0 Å². The smallest absolute Gasteiger partial charge is 0.0101 e. The van der Waals surface area contributed by atoms with Crippen molar-refractivity contribution >= 4 is 8.58 Å². The highest BCUT2D eigenvalue weighted by Crippen LogP contribution is 2.44. The molecule has 0 heterocycles. The maximum Gasteiger partial charge on any atom is -0.0101 e. The molecule has 2 aliphatic carbocycles. The van der Waals surface area contributed by atoms with E-state index >= 15 is 0 Å². The van der Waals surface area contributed by atoms with E-state index in [1.807, 2.05) is 0 Å². The van der Waals surface area contributed by atoms with Gasteiger partial charge >= 0.3 is 0 Å². The molecule has 0 radical (unpaired) electrons. The molecule has 0 amide bonds. The number of hydrogen-bond acceptors (Lipinski definition) is 0. The Balaban J connectivity index is 2.03. The molecular weight excluding hydrogens is 307 g/mol. The zero-order valence-electron chi connectivity index (χ0n) is 16.9. The molecule has 0 aromatic rings. The lowest BCUT2D eigenvalue weighted by Crippen LogP contribution is -2.23. The molecular formula is C23H37P. The van der Waals surface area contributed by atoms with Gasteiger partial charge in [-0.3, -0.25) is 0 Å². The minimum Gasteiger partial charge on any atom is -0.0749 e. The summed E-state index contributed by atoms with van der Waals surface area (Å²) < 4.78 is 0. The molecule has 0 nitrogen and oxygen atoms in total. The lowest BCUT2D eigenvalue weighted by molar-refractivity contribution is 0.307. The summed E-state index contributed by atoms with van der Waals surface area (Å²) in [4.78, 5) is 0. The highest BCUT2D eigenvalue weighted by Gasteiger charge is 2.30. The summed E-state index contributed by atoms with van der Waals surface area (Å²) in [6, 6.07) is 0. The van der Waals surface area contributed by atoms with Crippen molar-refractivity contribution in [2.24, 2.45) is 16.7 Å². The van der Waals surface area contributed by atoms with E-state index in [-0.39, 0.29) is 0 Å². The molecule has 0 bridgehead atoms. The number of hydrogen-bond donors (Lipinski definition) is 0.